The Kier molecular flexibility index (Phi) is 20.9. The topological polar surface area (TPSA) is 472 Å². The van der Waals surface area contributed by atoms with Gasteiger partial charge >= 0.3 is 5.97 Å². The van der Waals surface area contributed by atoms with E-state index in [4.69, 9.17) is 56.8 Å². The lowest BCUT2D eigenvalue weighted by Gasteiger charge is -2.71. The Morgan fingerprint density at radius 3 is 1.70 bits per heavy atom. The predicted molar refractivity (Wildman–Crippen MR) is 310 cm³/mol. The molecule has 6 heterocycles. The third-order valence-electron chi connectivity index (χ3n) is 24.6. The summed E-state index contributed by atoms with van der Waals surface area (Å²) in [6.07, 6.45) is -42.5. The molecule has 11 rings (SSSR count). The maximum Gasteiger partial charge on any atom is 0.310 e. The van der Waals surface area contributed by atoms with Crippen molar-refractivity contribution in [2.45, 2.75) is 298 Å². The predicted octanol–water partition coefficient (Wildman–Crippen LogP) is -3.56. The van der Waals surface area contributed by atoms with Gasteiger partial charge in [-0.25, -0.2) is 0 Å². The second-order valence-electron chi connectivity index (χ2n) is 30.7. The van der Waals surface area contributed by atoms with Gasteiger partial charge in [0.05, 0.1) is 44.1 Å². The van der Waals surface area contributed by atoms with Crippen LogP contribution in [0.5, 0.6) is 0 Å². The molecule has 0 aromatic heterocycles. The molecule has 0 aromatic carbocycles. The SMILES string of the molecule is C[C@@H]1O[C@@H](O[C@H]2[C@H](O[C@H]3CC[C@]4(C)[C@H]5CC=C6[C@@H]7CC(C)(C)CC[C@]7(C(=O)O)CC[C@@]6(C)[C@]5(C)CC[C@H]4C3(C)C)OC[C@H](O)[C@@H]2O)[C@H](O)[C@H](O[C@@H]2O[C@H](CO)[C@@H](O[C@@H]3O[C@H](CO)[C@@H](O[C@@H]4OC[C@@H](O)[C@H](O)[C@H]4O)[C@H](O)[C@H]3O)[C@H](O[C@@H]3O[C@@H](O)[C@H](O)[C@@H](O)[C@H]3O)[C@H]2O)[C@H]1O. The Hall–Kier alpha value is -1.91. The lowest BCUT2D eigenvalue weighted by Crippen LogP contribution is -2.69. The number of fused-ring (bicyclic) bond motifs is 7. The van der Waals surface area contributed by atoms with E-state index in [2.05, 4.69) is 54.5 Å². The summed E-state index contributed by atoms with van der Waals surface area (Å²) >= 11 is 0. The van der Waals surface area contributed by atoms with Gasteiger partial charge in [0.2, 0.25) is 0 Å². The van der Waals surface area contributed by atoms with Crippen LogP contribution in [0.4, 0.5) is 0 Å². The third kappa shape index (κ3) is 12.4. The maximum absolute atomic E-state index is 13.3. The number of hydrogen-bond acceptors (Lipinski definition) is 29. The normalized spacial score (nSPS) is 54.7. The van der Waals surface area contributed by atoms with Gasteiger partial charge in [-0.2, -0.15) is 0 Å². The highest BCUT2D eigenvalue weighted by Crippen LogP contribution is 2.76. The number of ether oxygens (including phenoxy) is 12. The minimum Gasteiger partial charge on any atom is -0.481 e. The molecule has 0 bridgehead atoms. The quantitative estimate of drug-likeness (QED) is 0.0557. The first-order valence-corrected chi connectivity index (χ1v) is 33.1. The van der Waals surface area contributed by atoms with Crippen molar-refractivity contribution in [1.29, 1.82) is 0 Å². The van der Waals surface area contributed by atoms with E-state index in [-0.39, 0.29) is 46.0 Å². The smallest absolute Gasteiger partial charge is 0.310 e. The molecular formula is C63H102O30. The Bertz CT molecular complexity index is 2620. The van der Waals surface area contributed by atoms with E-state index >= 15 is 0 Å². The van der Waals surface area contributed by atoms with E-state index in [9.17, 15) is 91.6 Å². The van der Waals surface area contributed by atoms with E-state index in [1.807, 2.05) is 0 Å². The lowest BCUT2D eigenvalue weighted by atomic mass is 9.33. The molecule has 0 unspecified atom stereocenters. The monoisotopic (exact) mass is 1340 g/mol. The molecule has 30 nitrogen and oxygen atoms in total. The molecule has 30 heteroatoms. The maximum atomic E-state index is 13.3. The fourth-order valence-electron chi connectivity index (χ4n) is 18.7. The molecule has 93 heavy (non-hydrogen) atoms. The van der Waals surface area contributed by atoms with Crippen molar-refractivity contribution in [3.63, 3.8) is 0 Å². The summed E-state index contributed by atoms with van der Waals surface area (Å²) in [4.78, 5) is 13.3. The fourth-order valence-corrected chi connectivity index (χ4v) is 18.7. The number of aliphatic hydroxyl groups is 16. The van der Waals surface area contributed by atoms with Crippen molar-refractivity contribution in [3.05, 3.63) is 11.6 Å². The first-order chi connectivity index (χ1) is 43.6. The Morgan fingerprint density at radius 1 is 0.495 bits per heavy atom. The average molecular weight is 1340 g/mol. The molecule has 534 valence electrons. The molecule has 6 saturated heterocycles. The zero-order valence-electron chi connectivity index (χ0n) is 53.9. The van der Waals surface area contributed by atoms with Gasteiger partial charge in [0.15, 0.2) is 44.0 Å². The number of carbonyl (C=O) groups is 1. The van der Waals surface area contributed by atoms with Crippen molar-refractivity contribution in [2.75, 3.05) is 26.4 Å². The van der Waals surface area contributed by atoms with Gasteiger partial charge in [-0.3, -0.25) is 4.79 Å². The third-order valence-corrected chi connectivity index (χ3v) is 24.6. The van der Waals surface area contributed by atoms with E-state index in [0.29, 0.717) is 19.3 Å². The van der Waals surface area contributed by atoms with Crippen LogP contribution in [0.25, 0.3) is 0 Å². The summed E-state index contributed by atoms with van der Waals surface area (Å²) < 4.78 is 71.6. The molecule has 0 amide bonds. The number of hydrogen-bond donors (Lipinski definition) is 17. The molecule has 10 fully saturated rings. The first-order valence-electron chi connectivity index (χ1n) is 33.1. The van der Waals surface area contributed by atoms with Gasteiger partial charge in [-0.05, 0) is 116 Å². The Balaban J connectivity index is 0.798. The lowest BCUT2D eigenvalue weighted by molar-refractivity contribution is -0.411. The highest BCUT2D eigenvalue weighted by molar-refractivity contribution is 5.76. The second-order valence-corrected chi connectivity index (χ2v) is 30.7. The largest absolute Gasteiger partial charge is 0.481 e. The summed E-state index contributed by atoms with van der Waals surface area (Å²) in [7, 11) is 0. The van der Waals surface area contributed by atoms with Gasteiger partial charge < -0.3 is 144 Å². The van der Waals surface area contributed by atoms with Crippen LogP contribution < -0.4 is 0 Å². The molecular weight excluding hydrogens is 1240 g/mol. The van der Waals surface area contributed by atoms with Crippen LogP contribution in [0.15, 0.2) is 11.6 Å². The van der Waals surface area contributed by atoms with Crippen molar-refractivity contribution < 1.29 is 148 Å². The molecule has 5 aliphatic carbocycles. The standard InChI is InChI=1S/C63H102O30/c1-24-34(68)47(90-55-44(78)48(91-53-41(75)37(71)39(73)50(79)93-53)46(30(21-65)86-55)89-52-42(76)38(72)45(29(20-64)85-52)88-51-40(74)35(69)27(66)22-82-51)43(77)54(84-24)92-49-36(70)28(67)23-83-56(49)87-33-12-13-60(6)31(59(33,4)5)11-14-62(8)32(60)10-9-25-26-19-58(2,3)15-17-63(26,57(80)81)18-16-61(25,62)7/h9,24,26-56,64-79H,10-23H2,1-8H3,(H,80,81)/t24-,26-,27+,28-,29+,30+,31-,32+,33-,34-,35-,36-,37+,38+,39+,40+,41+,42+,43+,44+,45+,46+,47+,48+,49+,50+,51-,52-,53+,54-,55-,56-,60-,61+,62+,63-/m0/s1. The van der Waals surface area contributed by atoms with Crippen molar-refractivity contribution in [1.82, 2.24) is 0 Å². The van der Waals surface area contributed by atoms with E-state index in [0.717, 1.165) is 44.9 Å². The number of carboxylic acid groups (broad SMARTS) is 1. The number of rotatable bonds is 15. The zero-order valence-corrected chi connectivity index (χ0v) is 53.9. The first kappa shape index (κ1) is 72.3. The van der Waals surface area contributed by atoms with E-state index in [1.54, 1.807) is 0 Å². The minimum absolute atomic E-state index is 0.0259. The molecule has 0 spiro atoms. The molecule has 0 radical (unpaired) electrons. The summed E-state index contributed by atoms with van der Waals surface area (Å²) in [6.45, 7) is 14.6. The van der Waals surface area contributed by atoms with Gasteiger partial charge in [-0.1, -0.05) is 60.1 Å². The van der Waals surface area contributed by atoms with E-state index in [1.165, 1.54) is 12.5 Å². The molecule has 36 atom stereocenters. The number of aliphatic carboxylic acids is 1. The van der Waals surface area contributed by atoms with Crippen molar-refractivity contribution in [3.8, 4) is 0 Å². The van der Waals surface area contributed by atoms with Crippen LogP contribution in [0, 0.1) is 50.2 Å². The van der Waals surface area contributed by atoms with Crippen LogP contribution in [0.1, 0.15) is 120 Å². The van der Waals surface area contributed by atoms with Crippen molar-refractivity contribution in [2.24, 2.45) is 50.2 Å². The fraction of sp³-hybridized carbons (Fsp3) is 0.952. The van der Waals surface area contributed by atoms with Gasteiger partial charge in [-0.15, -0.1) is 0 Å². The van der Waals surface area contributed by atoms with E-state index < -0.39 is 215 Å². The molecule has 0 aromatic rings. The highest BCUT2D eigenvalue weighted by atomic mass is 16.8. The number of allylic oxidation sites excluding steroid dienone is 2. The molecule has 6 aliphatic heterocycles. The highest BCUT2D eigenvalue weighted by Gasteiger charge is 2.70. The van der Waals surface area contributed by atoms with Gasteiger partial charge in [0.1, 0.15) is 122 Å². The Morgan fingerprint density at radius 2 is 1.03 bits per heavy atom. The number of aliphatic hydroxyl groups excluding tert-OH is 16. The molecule has 17 N–H and O–H groups in total. The zero-order chi connectivity index (χ0) is 67.7. The second kappa shape index (κ2) is 26.9. The summed E-state index contributed by atoms with van der Waals surface area (Å²) in [5.41, 5.74) is -0.393. The average Bonchev–Trinajstić information content (AvgIpc) is 0.677. The summed E-state index contributed by atoms with van der Waals surface area (Å²) in [6, 6.07) is 0. The molecule has 11 aliphatic rings. The van der Waals surface area contributed by atoms with Crippen LogP contribution >= 0.6 is 0 Å². The number of carboxylic acids is 1. The molecule has 4 saturated carbocycles. The van der Waals surface area contributed by atoms with Crippen LogP contribution in [0.2, 0.25) is 0 Å². The van der Waals surface area contributed by atoms with Crippen molar-refractivity contribution >= 4 is 5.97 Å². The van der Waals surface area contributed by atoms with Crippen LogP contribution in [-0.4, -0.2) is 298 Å². The summed E-state index contributed by atoms with van der Waals surface area (Å²) in [5, 5.41) is 187. The van der Waals surface area contributed by atoms with Gasteiger partial charge in [0.25, 0.3) is 0 Å². The van der Waals surface area contributed by atoms with Gasteiger partial charge in [0, 0.05) is 0 Å². The van der Waals surface area contributed by atoms with Crippen LogP contribution in [-0.2, 0) is 61.6 Å². The summed E-state index contributed by atoms with van der Waals surface area (Å²) in [5.74, 6) is -0.300. The Labute approximate surface area is 539 Å². The minimum atomic E-state index is -2.26. The van der Waals surface area contributed by atoms with Crippen LogP contribution in [0.3, 0.4) is 0 Å².